The minimum Gasteiger partial charge on any atom is -0.487 e. The van der Waals surface area contributed by atoms with E-state index in [-0.39, 0.29) is 6.04 Å². The third kappa shape index (κ3) is 2.90. The van der Waals surface area contributed by atoms with Gasteiger partial charge < -0.3 is 14.9 Å². The van der Waals surface area contributed by atoms with Gasteiger partial charge in [0.05, 0.1) is 5.69 Å². The molecule has 0 aliphatic carbocycles. The number of pyridine rings is 1. The van der Waals surface area contributed by atoms with Crippen molar-refractivity contribution >= 4 is 5.65 Å². The maximum atomic E-state index is 6.01. The van der Waals surface area contributed by atoms with Crippen molar-refractivity contribution in [3.05, 3.63) is 65.6 Å². The highest BCUT2D eigenvalue weighted by Gasteiger charge is 2.09. The maximum Gasteiger partial charge on any atom is 0.137 e. The zero-order valence-electron chi connectivity index (χ0n) is 12.3. The van der Waals surface area contributed by atoms with Crippen LogP contribution in [0.3, 0.4) is 0 Å². The van der Waals surface area contributed by atoms with Crippen molar-refractivity contribution in [1.29, 1.82) is 0 Å². The van der Waals surface area contributed by atoms with E-state index in [4.69, 9.17) is 10.5 Å². The van der Waals surface area contributed by atoms with E-state index in [1.807, 2.05) is 54.0 Å². The Morgan fingerprint density at radius 3 is 2.90 bits per heavy atom. The monoisotopic (exact) mass is 281 g/mol. The van der Waals surface area contributed by atoms with Gasteiger partial charge in [0.25, 0.3) is 0 Å². The van der Waals surface area contributed by atoms with Crippen LogP contribution >= 0.6 is 0 Å². The highest BCUT2D eigenvalue weighted by molar-refractivity contribution is 5.40. The Hall–Kier alpha value is -2.33. The molecule has 0 amide bonds. The fraction of sp³-hybridized carbons (Fsp3) is 0.235. The molecule has 1 aromatic carbocycles. The molecule has 0 fully saturated rings. The number of nitrogens with two attached hydrogens (primary N) is 1. The van der Waals surface area contributed by atoms with Crippen LogP contribution in [0.2, 0.25) is 0 Å². The van der Waals surface area contributed by atoms with Crippen LogP contribution in [0.1, 0.15) is 29.8 Å². The van der Waals surface area contributed by atoms with Crippen molar-refractivity contribution in [2.75, 3.05) is 0 Å². The summed E-state index contributed by atoms with van der Waals surface area (Å²) in [7, 11) is 0. The van der Waals surface area contributed by atoms with Crippen LogP contribution in [0, 0.1) is 6.92 Å². The number of hydrogen-bond donors (Lipinski definition) is 1. The number of fused-ring (bicyclic) bond motifs is 1. The molecule has 1 atom stereocenters. The number of aryl methyl sites for hydroxylation is 1. The molecule has 21 heavy (non-hydrogen) atoms. The first kappa shape index (κ1) is 13.6. The van der Waals surface area contributed by atoms with Crippen LogP contribution in [-0.4, -0.2) is 9.38 Å². The van der Waals surface area contributed by atoms with Crippen LogP contribution in [0.5, 0.6) is 5.75 Å². The zero-order chi connectivity index (χ0) is 14.8. The van der Waals surface area contributed by atoms with Crippen molar-refractivity contribution in [2.45, 2.75) is 26.5 Å². The Labute approximate surface area is 124 Å². The molecule has 4 nitrogen and oxygen atoms in total. The number of aromatic nitrogens is 2. The Morgan fingerprint density at radius 1 is 1.29 bits per heavy atom. The van der Waals surface area contributed by atoms with E-state index < -0.39 is 0 Å². The van der Waals surface area contributed by atoms with Gasteiger partial charge in [-0.05, 0) is 32.0 Å². The maximum absolute atomic E-state index is 6.01. The van der Waals surface area contributed by atoms with Crippen LogP contribution in [0.15, 0.2) is 48.8 Å². The average Bonchev–Trinajstić information content (AvgIpc) is 2.88. The van der Waals surface area contributed by atoms with E-state index >= 15 is 0 Å². The second kappa shape index (κ2) is 5.58. The van der Waals surface area contributed by atoms with Crippen LogP contribution < -0.4 is 10.5 Å². The number of rotatable bonds is 4. The third-order valence-electron chi connectivity index (χ3n) is 3.45. The lowest BCUT2D eigenvalue weighted by molar-refractivity contribution is 0.297. The summed E-state index contributed by atoms with van der Waals surface area (Å²) >= 11 is 0. The van der Waals surface area contributed by atoms with Gasteiger partial charge in [-0.3, -0.25) is 0 Å². The Morgan fingerprint density at radius 2 is 2.14 bits per heavy atom. The molecule has 0 aliphatic rings. The predicted octanol–water partition coefficient (Wildman–Crippen LogP) is 3.24. The summed E-state index contributed by atoms with van der Waals surface area (Å²) in [5.74, 6) is 0.827. The van der Waals surface area contributed by atoms with Crippen molar-refractivity contribution < 1.29 is 4.74 Å². The van der Waals surface area contributed by atoms with E-state index in [0.717, 1.165) is 22.7 Å². The third-order valence-corrected chi connectivity index (χ3v) is 3.45. The Balaban J connectivity index is 1.81. The lowest BCUT2D eigenvalue weighted by Gasteiger charge is -2.14. The van der Waals surface area contributed by atoms with E-state index in [0.29, 0.717) is 6.61 Å². The predicted molar refractivity (Wildman–Crippen MR) is 83.3 cm³/mol. The van der Waals surface area contributed by atoms with Crippen LogP contribution in [0.25, 0.3) is 5.65 Å². The molecule has 0 saturated heterocycles. The van der Waals surface area contributed by atoms with Crippen LogP contribution in [0.4, 0.5) is 0 Å². The lowest BCUT2D eigenvalue weighted by atomic mass is 10.1. The summed E-state index contributed by atoms with van der Waals surface area (Å²) < 4.78 is 7.90. The molecule has 0 bridgehead atoms. The molecule has 0 saturated carbocycles. The van der Waals surface area contributed by atoms with Crippen LogP contribution in [-0.2, 0) is 6.61 Å². The summed E-state index contributed by atoms with van der Waals surface area (Å²) in [4.78, 5) is 4.53. The minimum absolute atomic E-state index is 0.0547. The van der Waals surface area contributed by atoms with Crippen molar-refractivity contribution in [3.8, 4) is 5.75 Å². The van der Waals surface area contributed by atoms with Gasteiger partial charge in [0.2, 0.25) is 0 Å². The highest BCUT2D eigenvalue weighted by atomic mass is 16.5. The lowest BCUT2D eigenvalue weighted by Crippen LogP contribution is -2.08. The smallest absolute Gasteiger partial charge is 0.137 e. The molecule has 3 aromatic rings. The molecule has 0 radical (unpaired) electrons. The van der Waals surface area contributed by atoms with E-state index in [9.17, 15) is 0 Å². The topological polar surface area (TPSA) is 52.5 Å². The molecule has 3 rings (SSSR count). The number of ether oxygens (including phenoxy) is 1. The fourth-order valence-corrected chi connectivity index (χ4v) is 2.36. The number of hydrogen-bond acceptors (Lipinski definition) is 3. The number of nitrogens with zero attached hydrogens (tertiary/aromatic N) is 2. The van der Waals surface area contributed by atoms with E-state index in [2.05, 4.69) is 18.0 Å². The molecule has 108 valence electrons. The summed E-state index contributed by atoms with van der Waals surface area (Å²) in [6.07, 6.45) is 3.96. The van der Waals surface area contributed by atoms with Crippen molar-refractivity contribution in [2.24, 2.45) is 5.73 Å². The second-order valence-electron chi connectivity index (χ2n) is 5.32. The molecule has 2 aromatic heterocycles. The standard InChI is InChI=1S/C17H19N3O/c1-12-6-7-16(15(9-12)13(2)18)21-11-14-10-20-8-4-3-5-17(20)19-14/h3-10,13H,11,18H2,1-2H3/t13-/m0/s1. The first-order valence-corrected chi connectivity index (χ1v) is 7.05. The molecule has 0 spiro atoms. The van der Waals surface area contributed by atoms with Gasteiger partial charge >= 0.3 is 0 Å². The summed E-state index contributed by atoms with van der Waals surface area (Å²) in [5.41, 5.74) is 10.0. The molecule has 0 aliphatic heterocycles. The van der Waals surface area contributed by atoms with Crippen molar-refractivity contribution in [1.82, 2.24) is 9.38 Å². The van der Waals surface area contributed by atoms with Gasteiger partial charge in [-0.15, -0.1) is 0 Å². The summed E-state index contributed by atoms with van der Waals surface area (Å²) in [6.45, 7) is 4.45. The van der Waals surface area contributed by atoms with Gasteiger partial charge in [-0.1, -0.05) is 23.8 Å². The molecule has 2 N–H and O–H groups in total. The van der Waals surface area contributed by atoms with Crippen molar-refractivity contribution in [3.63, 3.8) is 0 Å². The quantitative estimate of drug-likeness (QED) is 0.798. The molecule has 4 heteroatoms. The van der Waals surface area contributed by atoms with Gasteiger partial charge in [0.1, 0.15) is 18.0 Å². The van der Waals surface area contributed by atoms with Gasteiger partial charge in [0.15, 0.2) is 0 Å². The largest absolute Gasteiger partial charge is 0.487 e. The van der Waals surface area contributed by atoms with Gasteiger partial charge in [0, 0.05) is 24.0 Å². The Bertz CT molecular complexity index is 729. The van der Waals surface area contributed by atoms with Gasteiger partial charge in [-0.25, -0.2) is 4.98 Å². The fourth-order valence-electron chi connectivity index (χ4n) is 2.36. The highest BCUT2D eigenvalue weighted by Crippen LogP contribution is 2.25. The summed E-state index contributed by atoms with van der Waals surface area (Å²) in [6, 6.07) is 12.0. The number of imidazole rings is 1. The molecular weight excluding hydrogens is 262 g/mol. The molecule has 0 unspecified atom stereocenters. The van der Waals surface area contributed by atoms with Gasteiger partial charge in [-0.2, -0.15) is 0 Å². The Kier molecular flexibility index (Phi) is 3.62. The first-order valence-electron chi connectivity index (χ1n) is 7.05. The van der Waals surface area contributed by atoms with E-state index in [1.54, 1.807) is 0 Å². The van der Waals surface area contributed by atoms with E-state index in [1.165, 1.54) is 5.56 Å². The molecule has 2 heterocycles. The molecular formula is C17H19N3O. The SMILES string of the molecule is Cc1ccc(OCc2cn3ccccc3n2)c([C@H](C)N)c1. The zero-order valence-corrected chi connectivity index (χ0v) is 12.3. The average molecular weight is 281 g/mol. The first-order chi connectivity index (χ1) is 10.1. The minimum atomic E-state index is -0.0547. The summed E-state index contributed by atoms with van der Waals surface area (Å²) in [5, 5.41) is 0. The normalized spacial score (nSPS) is 12.5. The second-order valence-corrected chi connectivity index (χ2v) is 5.32. The number of benzene rings is 1.